The van der Waals surface area contributed by atoms with Crippen molar-refractivity contribution in [2.45, 2.75) is 19.9 Å². The first kappa shape index (κ1) is 11.1. The summed E-state index contributed by atoms with van der Waals surface area (Å²) in [5, 5.41) is 6.89. The number of rotatable bonds is 3. The number of aromatic nitrogens is 3. The standard InChI is InChI=1S/C10H11BrN4O/c1-6(2)13-10-14-9(15-16-10)8-7(11)4-3-5-12-8/h3-6H,1-2H3,(H,13,14,15). The van der Waals surface area contributed by atoms with Gasteiger partial charge in [-0.25, -0.2) is 0 Å². The van der Waals surface area contributed by atoms with Crippen LogP contribution in [-0.4, -0.2) is 21.2 Å². The van der Waals surface area contributed by atoms with Crippen molar-refractivity contribution in [2.24, 2.45) is 0 Å². The Bertz CT molecular complexity index is 483. The van der Waals surface area contributed by atoms with Gasteiger partial charge >= 0.3 is 6.01 Å². The third-order valence-corrected chi connectivity index (χ3v) is 2.45. The Hall–Kier alpha value is -1.43. The summed E-state index contributed by atoms with van der Waals surface area (Å²) in [6.45, 7) is 4.00. The van der Waals surface area contributed by atoms with Crippen molar-refractivity contribution >= 4 is 21.9 Å². The minimum atomic E-state index is 0.250. The summed E-state index contributed by atoms with van der Waals surface area (Å²) in [5.41, 5.74) is 0.669. The maximum absolute atomic E-state index is 5.05. The van der Waals surface area contributed by atoms with E-state index in [-0.39, 0.29) is 6.04 Å². The summed E-state index contributed by atoms with van der Waals surface area (Å²) in [6.07, 6.45) is 1.69. The quantitative estimate of drug-likeness (QED) is 0.938. The molecule has 0 fully saturated rings. The van der Waals surface area contributed by atoms with Crippen molar-refractivity contribution in [3.8, 4) is 11.5 Å². The van der Waals surface area contributed by atoms with Crippen molar-refractivity contribution in [1.29, 1.82) is 0 Å². The first-order valence-electron chi connectivity index (χ1n) is 4.88. The third kappa shape index (κ3) is 2.38. The Morgan fingerprint density at radius 3 is 2.94 bits per heavy atom. The van der Waals surface area contributed by atoms with E-state index in [2.05, 4.69) is 36.4 Å². The van der Waals surface area contributed by atoms with Crippen molar-refractivity contribution < 1.29 is 4.52 Å². The van der Waals surface area contributed by atoms with Gasteiger partial charge in [-0.05, 0) is 41.9 Å². The van der Waals surface area contributed by atoms with Crippen molar-refractivity contribution in [1.82, 2.24) is 15.1 Å². The molecule has 0 amide bonds. The van der Waals surface area contributed by atoms with Crippen molar-refractivity contribution in [3.63, 3.8) is 0 Å². The SMILES string of the molecule is CC(C)Nc1nc(-c2ncccc2Br)no1. The highest BCUT2D eigenvalue weighted by molar-refractivity contribution is 9.10. The van der Waals surface area contributed by atoms with Crippen molar-refractivity contribution in [2.75, 3.05) is 5.32 Å². The molecular weight excluding hydrogens is 272 g/mol. The molecule has 2 aromatic rings. The maximum atomic E-state index is 5.05. The predicted octanol–water partition coefficient (Wildman–Crippen LogP) is 2.71. The van der Waals surface area contributed by atoms with Gasteiger partial charge in [-0.2, -0.15) is 4.98 Å². The number of nitrogens with zero attached hydrogens (tertiary/aromatic N) is 3. The minimum Gasteiger partial charge on any atom is -0.336 e. The molecule has 2 aromatic heterocycles. The largest absolute Gasteiger partial charge is 0.336 e. The summed E-state index contributed by atoms with van der Waals surface area (Å²) in [4.78, 5) is 8.38. The number of nitrogens with one attached hydrogen (secondary N) is 1. The molecule has 0 saturated carbocycles. The normalized spacial score (nSPS) is 10.8. The molecule has 0 aromatic carbocycles. The minimum absolute atomic E-state index is 0.250. The van der Waals surface area contributed by atoms with Crippen LogP contribution in [0.3, 0.4) is 0 Å². The molecule has 0 aliphatic carbocycles. The highest BCUT2D eigenvalue weighted by atomic mass is 79.9. The summed E-state index contributed by atoms with van der Waals surface area (Å²) >= 11 is 3.39. The first-order valence-corrected chi connectivity index (χ1v) is 5.67. The van der Waals surface area contributed by atoms with Crippen LogP contribution in [0.25, 0.3) is 11.5 Å². The van der Waals surface area contributed by atoms with Gasteiger partial charge in [-0.3, -0.25) is 4.98 Å². The second kappa shape index (κ2) is 4.61. The highest BCUT2D eigenvalue weighted by Crippen LogP contribution is 2.23. The van der Waals surface area contributed by atoms with E-state index in [1.165, 1.54) is 0 Å². The Morgan fingerprint density at radius 2 is 2.25 bits per heavy atom. The van der Waals surface area contributed by atoms with E-state index in [4.69, 9.17) is 4.52 Å². The third-order valence-electron chi connectivity index (χ3n) is 1.81. The molecule has 0 unspecified atom stereocenters. The van der Waals surface area contributed by atoms with Gasteiger partial charge in [0.15, 0.2) is 0 Å². The molecule has 6 heteroatoms. The lowest BCUT2D eigenvalue weighted by Crippen LogP contribution is -2.09. The molecule has 0 spiro atoms. The fourth-order valence-corrected chi connectivity index (χ4v) is 1.61. The second-order valence-corrected chi connectivity index (χ2v) is 4.41. The molecule has 5 nitrogen and oxygen atoms in total. The fraction of sp³-hybridized carbons (Fsp3) is 0.300. The number of anilines is 1. The van der Waals surface area contributed by atoms with Crippen LogP contribution in [0.2, 0.25) is 0 Å². The smallest absolute Gasteiger partial charge is 0.322 e. The van der Waals surface area contributed by atoms with Crippen molar-refractivity contribution in [3.05, 3.63) is 22.8 Å². The van der Waals surface area contributed by atoms with E-state index in [1.807, 2.05) is 26.0 Å². The molecule has 2 rings (SSSR count). The van der Waals surface area contributed by atoms with Crippen LogP contribution < -0.4 is 5.32 Å². The molecule has 0 radical (unpaired) electrons. The van der Waals surface area contributed by atoms with Gasteiger partial charge in [0.05, 0.1) is 0 Å². The molecule has 0 aliphatic rings. The fourth-order valence-electron chi connectivity index (χ4n) is 1.18. The van der Waals surface area contributed by atoms with Gasteiger partial charge in [-0.1, -0.05) is 5.16 Å². The molecular formula is C10H11BrN4O. The lowest BCUT2D eigenvalue weighted by molar-refractivity contribution is 0.429. The Morgan fingerprint density at radius 1 is 1.44 bits per heavy atom. The molecule has 84 valence electrons. The zero-order valence-electron chi connectivity index (χ0n) is 8.94. The molecule has 1 N–H and O–H groups in total. The first-order chi connectivity index (χ1) is 7.66. The molecule has 2 heterocycles. The van der Waals surface area contributed by atoms with E-state index in [9.17, 15) is 0 Å². The van der Waals surface area contributed by atoms with Gasteiger partial charge in [0.1, 0.15) is 5.69 Å². The van der Waals surface area contributed by atoms with Crippen LogP contribution in [0.15, 0.2) is 27.3 Å². The van der Waals surface area contributed by atoms with Gasteiger partial charge in [0.25, 0.3) is 0 Å². The van der Waals surface area contributed by atoms with Crippen LogP contribution in [0, 0.1) is 0 Å². The zero-order chi connectivity index (χ0) is 11.5. The van der Waals surface area contributed by atoms with E-state index in [1.54, 1.807) is 6.20 Å². The summed E-state index contributed by atoms with van der Waals surface area (Å²) in [7, 11) is 0. The van der Waals surface area contributed by atoms with Gasteiger partial charge < -0.3 is 9.84 Å². The average molecular weight is 283 g/mol. The Balaban J connectivity index is 2.28. The maximum Gasteiger partial charge on any atom is 0.322 e. The van der Waals surface area contributed by atoms with Gasteiger partial charge in [0, 0.05) is 16.7 Å². The average Bonchev–Trinajstić information content (AvgIpc) is 2.66. The van der Waals surface area contributed by atoms with E-state index < -0.39 is 0 Å². The van der Waals surface area contributed by atoms with Crippen LogP contribution in [-0.2, 0) is 0 Å². The Labute approximate surface area is 101 Å². The lowest BCUT2D eigenvalue weighted by atomic mass is 10.3. The van der Waals surface area contributed by atoms with Crippen LogP contribution in [0.1, 0.15) is 13.8 Å². The summed E-state index contributed by atoms with van der Waals surface area (Å²) in [6, 6.07) is 4.37. The van der Waals surface area contributed by atoms with E-state index in [0.717, 1.165) is 4.47 Å². The van der Waals surface area contributed by atoms with Gasteiger partial charge in [0.2, 0.25) is 5.82 Å². The predicted molar refractivity (Wildman–Crippen MR) is 64.0 cm³/mol. The second-order valence-electron chi connectivity index (χ2n) is 3.56. The van der Waals surface area contributed by atoms with E-state index in [0.29, 0.717) is 17.5 Å². The molecule has 0 aliphatic heterocycles. The Kier molecular flexibility index (Phi) is 3.19. The number of pyridine rings is 1. The van der Waals surface area contributed by atoms with Crippen LogP contribution >= 0.6 is 15.9 Å². The monoisotopic (exact) mass is 282 g/mol. The van der Waals surface area contributed by atoms with Gasteiger partial charge in [-0.15, -0.1) is 0 Å². The molecule has 0 saturated heterocycles. The molecule has 0 atom stereocenters. The number of halogens is 1. The van der Waals surface area contributed by atoms with Crippen LogP contribution in [0.4, 0.5) is 6.01 Å². The number of hydrogen-bond donors (Lipinski definition) is 1. The topological polar surface area (TPSA) is 63.8 Å². The number of hydrogen-bond acceptors (Lipinski definition) is 5. The molecule has 0 bridgehead atoms. The van der Waals surface area contributed by atoms with Crippen LogP contribution in [0.5, 0.6) is 0 Å². The lowest BCUT2D eigenvalue weighted by Gasteiger charge is -2.01. The summed E-state index contributed by atoms with van der Waals surface area (Å²) < 4.78 is 5.89. The summed E-state index contributed by atoms with van der Waals surface area (Å²) in [5.74, 6) is 0.468. The zero-order valence-corrected chi connectivity index (χ0v) is 10.5. The molecule has 16 heavy (non-hydrogen) atoms. The highest BCUT2D eigenvalue weighted by Gasteiger charge is 2.12. The van der Waals surface area contributed by atoms with E-state index >= 15 is 0 Å².